The van der Waals surface area contributed by atoms with Crippen molar-refractivity contribution in [2.24, 2.45) is 11.1 Å². The quantitative estimate of drug-likeness (QED) is 0.777. The number of nitrogens with zero attached hydrogens (tertiary/aromatic N) is 2. The first kappa shape index (κ1) is 17.1. The summed E-state index contributed by atoms with van der Waals surface area (Å²) in [5, 5.41) is 5.06. The van der Waals surface area contributed by atoms with Crippen LogP contribution in [0.1, 0.15) is 26.7 Å². The van der Waals surface area contributed by atoms with E-state index in [-0.39, 0.29) is 5.75 Å². The van der Waals surface area contributed by atoms with Crippen molar-refractivity contribution in [3.63, 3.8) is 0 Å². The summed E-state index contributed by atoms with van der Waals surface area (Å²) >= 11 is 0. The number of ether oxygens (including phenoxy) is 1. The molecule has 0 amide bonds. The number of morpholine rings is 1. The number of primary sulfonamides is 1. The van der Waals surface area contributed by atoms with Gasteiger partial charge >= 0.3 is 0 Å². The van der Waals surface area contributed by atoms with Crippen LogP contribution in [-0.4, -0.2) is 75.4 Å². The minimum atomic E-state index is -3.34. The molecular formula is C14H29N3O3S. The third-order valence-electron chi connectivity index (χ3n) is 4.41. The van der Waals surface area contributed by atoms with Crippen LogP contribution in [0.25, 0.3) is 0 Å². The van der Waals surface area contributed by atoms with E-state index in [9.17, 15) is 8.42 Å². The van der Waals surface area contributed by atoms with Crippen LogP contribution in [-0.2, 0) is 14.8 Å². The molecule has 0 aromatic carbocycles. The van der Waals surface area contributed by atoms with Gasteiger partial charge in [0.25, 0.3) is 0 Å². The molecule has 0 aliphatic carbocycles. The lowest BCUT2D eigenvalue weighted by molar-refractivity contribution is -0.0731. The van der Waals surface area contributed by atoms with Gasteiger partial charge in [0, 0.05) is 26.2 Å². The monoisotopic (exact) mass is 319 g/mol. The molecule has 2 N–H and O–H groups in total. The summed E-state index contributed by atoms with van der Waals surface area (Å²) in [6, 6.07) is 0. The van der Waals surface area contributed by atoms with E-state index < -0.39 is 10.0 Å². The molecule has 21 heavy (non-hydrogen) atoms. The zero-order valence-electron chi connectivity index (χ0n) is 13.2. The van der Waals surface area contributed by atoms with Crippen molar-refractivity contribution in [3.8, 4) is 0 Å². The molecule has 2 atom stereocenters. The molecule has 2 rings (SSSR count). The number of hydrogen-bond donors (Lipinski definition) is 1. The van der Waals surface area contributed by atoms with E-state index in [0.717, 1.165) is 45.6 Å². The van der Waals surface area contributed by atoms with Crippen LogP contribution in [0.5, 0.6) is 0 Å². The fourth-order valence-electron chi connectivity index (χ4n) is 3.45. The lowest BCUT2D eigenvalue weighted by Crippen LogP contribution is -2.48. The fraction of sp³-hybridized carbons (Fsp3) is 1.00. The number of piperidine rings is 1. The molecule has 2 aliphatic heterocycles. The van der Waals surface area contributed by atoms with Gasteiger partial charge in [-0.25, -0.2) is 13.6 Å². The number of hydrogen-bond acceptors (Lipinski definition) is 5. The predicted octanol–water partition coefficient (Wildman–Crippen LogP) is 0.0961. The van der Waals surface area contributed by atoms with Crippen molar-refractivity contribution < 1.29 is 13.2 Å². The normalized spacial score (nSPS) is 30.6. The molecule has 0 bridgehead atoms. The van der Waals surface area contributed by atoms with E-state index in [1.165, 1.54) is 0 Å². The van der Waals surface area contributed by atoms with Crippen LogP contribution in [0, 0.1) is 5.92 Å². The van der Waals surface area contributed by atoms with E-state index in [2.05, 4.69) is 23.6 Å². The van der Waals surface area contributed by atoms with E-state index >= 15 is 0 Å². The Bertz CT molecular complexity index is 411. The molecule has 0 aromatic heterocycles. The molecule has 7 heteroatoms. The van der Waals surface area contributed by atoms with Crippen molar-refractivity contribution in [2.75, 3.05) is 45.0 Å². The molecule has 2 aliphatic rings. The topological polar surface area (TPSA) is 75.9 Å². The molecule has 0 radical (unpaired) electrons. The van der Waals surface area contributed by atoms with Gasteiger partial charge in [-0.05, 0) is 45.7 Å². The van der Waals surface area contributed by atoms with Crippen molar-refractivity contribution in [2.45, 2.75) is 38.9 Å². The van der Waals surface area contributed by atoms with Gasteiger partial charge < -0.3 is 9.64 Å². The van der Waals surface area contributed by atoms with Crippen LogP contribution in [0.3, 0.4) is 0 Å². The van der Waals surface area contributed by atoms with Crippen LogP contribution >= 0.6 is 0 Å². The lowest BCUT2D eigenvalue weighted by atomic mass is 9.95. The van der Waals surface area contributed by atoms with Gasteiger partial charge in [-0.1, -0.05) is 0 Å². The Hall–Kier alpha value is -0.210. The highest BCUT2D eigenvalue weighted by Crippen LogP contribution is 2.20. The van der Waals surface area contributed by atoms with Gasteiger partial charge in [-0.3, -0.25) is 4.90 Å². The Balaban J connectivity index is 1.69. The maximum Gasteiger partial charge on any atom is 0.210 e. The minimum absolute atomic E-state index is 0.0656. The van der Waals surface area contributed by atoms with Gasteiger partial charge in [-0.2, -0.15) is 0 Å². The molecule has 124 valence electrons. The van der Waals surface area contributed by atoms with Gasteiger partial charge in [0.05, 0.1) is 18.0 Å². The number of nitrogens with two attached hydrogens (primary N) is 1. The highest BCUT2D eigenvalue weighted by atomic mass is 32.2. The van der Waals surface area contributed by atoms with E-state index in [0.29, 0.717) is 24.7 Å². The van der Waals surface area contributed by atoms with Crippen LogP contribution in [0.2, 0.25) is 0 Å². The van der Waals surface area contributed by atoms with Gasteiger partial charge in [-0.15, -0.1) is 0 Å². The third-order valence-corrected chi connectivity index (χ3v) is 5.16. The summed E-state index contributed by atoms with van der Waals surface area (Å²) in [6.45, 7) is 9.99. The van der Waals surface area contributed by atoms with E-state index in [1.807, 2.05) is 0 Å². The SMILES string of the molecule is C[C@@H]1CN(CC2CCN(CCS(N)(=O)=O)CC2)C[C@@H](C)O1. The van der Waals surface area contributed by atoms with Crippen LogP contribution < -0.4 is 5.14 Å². The molecular weight excluding hydrogens is 290 g/mol. The molecule has 0 aromatic rings. The molecule has 2 saturated heterocycles. The molecule has 0 saturated carbocycles. The first-order valence-corrected chi connectivity index (χ1v) is 9.64. The summed E-state index contributed by atoms with van der Waals surface area (Å²) in [7, 11) is -3.34. The standard InChI is InChI=1S/C14H29N3O3S/c1-12-9-17(10-13(2)20-12)11-14-3-5-16(6-4-14)7-8-21(15,18)19/h12-14H,3-11H2,1-2H3,(H2,15,18,19)/t12-,13-/m1/s1. The average Bonchev–Trinajstić information content (AvgIpc) is 2.36. The predicted molar refractivity (Wildman–Crippen MR) is 83.6 cm³/mol. The van der Waals surface area contributed by atoms with Crippen molar-refractivity contribution >= 4 is 10.0 Å². The highest BCUT2D eigenvalue weighted by molar-refractivity contribution is 7.89. The number of likely N-dealkylation sites (tertiary alicyclic amines) is 1. The summed E-state index contributed by atoms with van der Waals surface area (Å²) in [5.74, 6) is 0.782. The Morgan fingerprint density at radius 2 is 1.67 bits per heavy atom. The Kier molecular flexibility index (Phi) is 6.02. The second kappa shape index (κ2) is 7.37. The lowest BCUT2D eigenvalue weighted by Gasteiger charge is -2.39. The zero-order valence-corrected chi connectivity index (χ0v) is 14.0. The highest BCUT2D eigenvalue weighted by Gasteiger charge is 2.26. The minimum Gasteiger partial charge on any atom is -0.373 e. The Labute approximate surface area is 128 Å². The van der Waals surface area contributed by atoms with E-state index in [4.69, 9.17) is 9.88 Å². The van der Waals surface area contributed by atoms with Crippen molar-refractivity contribution in [1.82, 2.24) is 9.80 Å². The van der Waals surface area contributed by atoms with Crippen LogP contribution in [0.15, 0.2) is 0 Å². The molecule has 2 fully saturated rings. The average molecular weight is 319 g/mol. The Morgan fingerprint density at radius 3 is 2.19 bits per heavy atom. The summed E-state index contributed by atoms with van der Waals surface area (Å²) in [4.78, 5) is 4.73. The first-order valence-electron chi connectivity index (χ1n) is 7.92. The van der Waals surface area contributed by atoms with Crippen LogP contribution in [0.4, 0.5) is 0 Å². The van der Waals surface area contributed by atoms with Gasteiger partial charge in [0.15, 0.2) is 0 Å². The molecule has 0 unspecified atom stereocenters. The maximum atomic E-state index is 11.0. The Morgan fingerprint density at radius 1 is 1.10 bits per heavy atom. The number of sulfonamides is 1. The van der Waals surface area contributed by atoms with Gasteiger partial charge in [0.1, 0.15) is 0 Å². The zero-order chi connectivity index (χ0) is 15.5. The molecule has 6 nitrogen and oxygen atoms in total. The van der Waals surface area contributed by atoms with Crippen molar-refractivity contribution in [3.05, 3.63) is 0 Å². The summed E-state index contributed by atoms with van der Waals surface area (Å²) < 4.78 is 27.8. The third kappa shape index (κ3) is 6.20. The van der Waals surface area contributed by atoms with Crippen molar-refractivity contribution in [1.29, 1.82) is 0 Å². The molecule has 0 spiro atoms. The summed E-state index contributed by atoms with van der Waals surface area (Å²) in [5.41, 5.74) is 0. The first-order chi connectivity index (χ1) is 9.82. The maximum absolute atomic E-state index is 11.0. The smallest absolute Gasteiger partial charge is 0.210 e. The number of rotatable bonds is 5. The largest absolute Gasteiger partial charge is 0.373 e. The second-order valence-electron chi connectivity index (χ2n) is 6.63. The molecule has 2 heterocycles. The summed E-state index contributed by atoms with van der Waals surface area (Å²) in [6.07, 6.45) is 2.93. The van der Waals surface area contributed by atoms with Gasteiger partial charge in [0.2, 0.25) is 10.0 Å². The second-order valence-corrected chi connectivity index (χ2v) is 8.36. The fourth-order valence-corrected chi connectivity index (χ4v) is 3.96. The van der Waals surface area contributed by atoms with E-state index in [1.54, 1.807) is 0 Å².